The van der Waals surface area contributed by atoms with Crippen molar-refractivity contribution in [1.29, 1.82) is 0 Å². The maximum absolute atomic E-state index is 12.2. The number of nitrogens with zero attached hydrogens (tertiary/aromatic N) is 1. The third-order valence-electron chi connectivity index (χ3n) is 3.39. The first-order chi connectivity index (χ1) is 7.42. The molecule has 0 rings (SSSR count). The lowest BCUT2D eigenvalue weighted by Gasteiger charge is -2.32. The van der Waals surface area contributed by atoms with Crippen LogP contribution in [-0.2, 0) is 4.79 Å². The zero-order valence-electron chi connectivity index (χ0n) is 11.5. The Kier molecular flexibility index (Phi) is 6.65. The summed E-state index contributed by atoms with van der Waals surface area (Å²) in [4.78, 5) is 14.2. The number of nitrogens with two attached hydrogens (primary N) is 1. The predicted octanol–water partition coefficient (Wildman–Crippen LogP) is 2.26. The van der Waals surface area contributed by atoms with E-state index >= 15 is 0 Å². The Labute approximate surface area is 100 Å². The topological polar surface area (TPSA) is 46.3 Å². The Bertz CT molecular complexity index is 210. The van der Waals surface area contributed by atoms with Gasteiger partial charge in [0, 0.05) is 19.6 Å². The molecule has 3 nitrogen and oxygen atoms in total. The summed E-state index contributed by atoms with van der Waals surface area (Å²) in [5.74, 6) is 0.793. The standard InChI is InChI=1S/C13H28N2O/c1-6-11(7-2)9-15(8-3)12(16)13(4,5)10-14/h11H,6-10,14H2,1-5H3. The smallest absolute Gasteiger partial charge is 0.229 e. The van der Waals surface area contributed by atoms with E-state index in [9.17, 15) is 4.79 Å². The number of hydrogen-bond acceptors (Lipinski definition) is 2. The van der Waals surface area contributed by atoms with E-state index in [2.05, 4.69) is 13.8 Å². The van der Waals surface area contributed by atoms with Crippen molar-refractivity contribution in [3.8, 4) is 0 Å². The van der Waals surface area contributed by atoms with Gasteiger partial charge < -0.3 is 10.6 Å². The second-order valence-corrected chi connectivity index (χ2v) is 5.11. The van der Waals surface area contributed by atoms with Gasteiger partial charge >= 0.3 is 0 Å². The molecule has 0 bridgehead atoms. The van der Waals surface area contributed by atoms with E-state index < -0.39 is 5.41 Å². The number of carbonyl (C=O) groups is 1. The Morgan fingerprint density at radius 2 is 1.75 bits per heavy atom. The van der Waals surface area contributed by atoms with Crippen LogP contribution in [0.4, 0.5) is 0 Å². The summed E-state index contributed by atoms with van der Waals surface area (Å²) in [7, 11) is 0. The highest BCUT2D eigenvalue weighted by atomic mass is 16.2. The summed E-state index contributed by atoms with van der Waals surface area (Å²) in [6.45, 7) is 12.3. The maximum atomic E-state index is 12.2. The van der Waals surface area contributed by atoms with Crippen molar-refractivity contribution in [2.75, 3.05) is 19.6 Å². The van der Waals surface area contributed by atoms with Crippen LogP contribution < -0.4 is 5.73 Å². The zero-order chi connectivity index (χ0) is 12.8. The molecule has 0 fully saturated rings. The van der Waals surface area contributed by atoms with Gasteiger partial charge in [-0.15, -0.1) is 0 Å². The maximum Gasteiger partial charge on any atom is 0.229 e. The van der Waals surface area contributed by atoms with Gasteiger partial charge in [0.05, 0.1) is 5.41 Å². The summed E-state index contributed by atoms with van der Waals surface area (Å²) in [5, 5.41) is 0. The molecule has 1 amide bonds. The summed E-state index contributed by atoms with van der Waals surface area (Å²) in [5.41, 5.74) is 5.22. The summed E-state index contributed by atoms with van der Waals surface area (Å²) >= 11 is 0. The van der Waals surface area contributed by atoms with Crippen LogP contribution in [0.1, 0.15) is 47.5 Å². The van der Waals surface area contributed by atoms with Crippen LogP contribution in [0.5, 0.6) is 0 Å². The molecule has 0 unspecified atom stereocenters. The van der Waals surface area contributed by atoms with Crippen LogP contribution >= 0.6 is 0 Å². The van der Waals surface area contributed by atoms with Crippen LogP contribution in [0.2, 0.25) is 0 Å². The van der Waals surface area contributed by atoms with Crippen molar-refractivity contribution in [1.82, 2.24) is 4.90 Å². The van der Waals surface area contributed by atoms with Crippen molar-refractivity contribution in [3.05, 3.63) is 0 Å². The zero-order valence-corrected chi connectivity index (χ0v) is 11.5. The Balaban J connectivity index is 4.55. The molecule has 0 radical (unpaired) electrons. The fraction of sp³-hybridized carbons (Fsp3) is 0.923. The van der Waals surface area contributed by atoms with Gasteiger partial charge in [0.1, 0.15) is 0 Å². The van der Waals surface area contributed by atoms with Crippen molar-refractivity contribution >= 4 is 5.91 Å². The van der Waals surface area contributed by atoms with Gasteiger partial charge in [0.15, 0.2) is 0 Å². The van der Waals surface area contributed by atoms with E-state index in [4.69, 9.17) is 5.73 Å². The average molecular weight is 228 g/mol. The highest BCUT2D eigenvalue weighted by Gasteiger charge is 2.30. The molecule has 0 aromatic heterocycles. The predicted molar refractivity (Wildman–Crippen MR) is 69.2 cm³/mol. The van der Waals surface area contributed by atoms with E-state index in [0.29, 0.717) is 12.5 Å². The second kappa shape index (κ2) is 6.89. The molecular weight excluding hydrogens is 200 g/mol. The average Bonchev–Trinajstić information content (AvgIpc) is 2.30. The monoisotopic (exact) mass is 228 g/mol. The molecule has 0 spiro atoms. The first-order valence-electron chi connectivity index (χ1n) is 6.42. The molecule has 16 heavy (non-hydrogen) atoms. The highest BCUT2D eigenvalue weighted by molar-refractivity contribution is 5.82. The molecule has 0 atom stereocenters. The molecule has 0 aliphatic rings. The van der Waals surface area contributed by atoms with Gasteiger partial charge in [-0.05, 0) is 26.7 Å². The van der Waals surface area contributed by atoms with Crippen LogP contribution in [0, 0.1) is 11.3 Å². The van der Waals surface area contributed by atoms with Crippen LogP contribution in [0.15, 0.2) is 0 Å². The normalized spacial score (nSPS) is 11.9. The van der Waals surface area contributed by atoms with Crippen LogP contribution in [-0.4, -0.2) is 30.4 Å². The highest BCUT2D eigenvalue weighted by Crippen LogP contribution is 2.19. The Hall–Kier alpha value is -0.570. The Morgan fingerprint density at radius 1 is 1.25 bits per heavy atom. The first-order valence-corrected chi connectivity index (χ1v) is 6.42. The third kappa shape index (κ3) is 4.12. The largest absolute Gasteiger partial charge is 0.342 e. The van der Waals surface area contributed by atoms with Gasteiger partial charge in [0.25, 0.3) is 0 Å². The molecule has 0 aliphatic carbocycles. The summed E-state index contributed by atoms with van der Waals surface area (Å²) in [6.07, 6.45) is 2.26. The van der Waals surface area contributed by atoms with E-state index in [-0.39, 0.29) is 5.91 Å². The lowest BCUT2D eigenvalue weighted by Crippen LogP contribution is -2.46. The number of rotatable bonds is 7. The lowest BCUT2D eigenvalue weighted by atomic mass is 9.91. The fourth-order valence-corrected chi connectivity index (χ4v) is 1.73. The van der Waals surface area contributed by atoms with Gasteiger partial charge in [-0.2, -0.15) is 0 Å². The van der Waals surface area contributed by atoms with Crippen LogP contribution in [0.3, 0.4) is 0 Å². The van der Waals surface area contributed by atoms with Crippen molar-refractivity contribution in [3.63, 3.8) is 0 Å². The third-order valence-corrected chi connectivity index (χ3v) is 3.39. The summed E-state index contributed by atoms with van der Waals surface area (Å²) in [6, 6.07) is 0. The molecule has 3 heteroatoms. The molecular formula is C13H28N2O. The number of carbonyl (C=O) groups excluding carboxylic acids is 1. The SMILES string of the molecule is CCC(CC)CN(CC)C(=O)C(C)(C)CN. The van der Waals surface area contributed by atoms with Gasteiger partial charge in [0.2, 0.25) is 5.91 Å². The minimum Gasteiger partial charge on any atom is -0.342 e. The van der Waals surface area contributed by atoms with E-state index in [1.54, 1.807) is 0 Å². The van der Waals surface area contributed by atoms with Crippen molar-refractivity contribution in [2.24, 2.45) is 17.1 Å². The van der Waals surface area contributed by atoms with Gasteiger partial charge in [-0.25, -0.2) is 0 Å². The second-order valence-electron chi connectivity index (χ2n) is 5.11. The fourth-order valence-electron chi connectivity index (χ4n) is 1.73. The van der Waals surface area contributed by atoms with E-state index in [0.717, 1.165) is 25.9 Å². The van der Waals surface area contributed by atoms with Crippen LogP contribution in [0.25, 0.3) is 0 Å². The minimum atomic E-state index is -0.429. The minimum absolute atomic E-state index is 0.185. The quantitative estimate of drug-likeness (QED) is 0.726. The molecule has 96 valence electrons. The molecule has 0 saturated heterocycles. The van der Waals surface area contributed by atoms with Gasteiger partial charge in [-0.1, -0.05) is 26.7 Å². The first kappa shape index (κ1) is 15.4. The van der Waals surface area contributed by atoms with Crippen molar-refractivity contribution in [2.45, 2.75) is 47.5 Å². The summed E-state index contributed by atoms with van der Waals surface area (Å²) < 4.78 is 0. The molecule has 0 saturated carbocycles. The van der Waals surface area contributed by atoms with E-state index in [1.807, 2.05) is 25.7 Å². The van der Waals surface area contributed by atoms with Gasteiger partial charge in [-0.3, -0.25) is 4.79 Å². The molecule has 2 N–H and O–H groups in total. The van der Waals surface area contributed by atoms with E-state index in [1.165, 1.54) is 0 Å². The lowest BCUT2D eigenvalue weighted by molar-refractivity contribution is -0.140. The Morgan fingerprint density at radius 3 is 2.06 bits per heavy atom. The van der Waals surface area contributed by atoms with Crippen molar-refractivity contribution < 1.29 is 4.79 Å². The molecule has 0 aliphatic heterocycles. The molecule has 0 aromatic rings. The molecule has 0 heterocycles. The molecule has 0 aromatic carbocycles. The number of hydrogen-bond donors (Lipinski definition) is 1. The number of amides is 1.